The van der Waals surface area contributed by atoms with E-state index in [1.165, 1.54) is 6.07 Å². The van der Waals surface area contributed by atoms with E-state index in [1.807, 2.05) is 24.3 Å². The molecular weight excluding hydrogens is 366 g/mol. The first-order chi connectivity index (χ1) is 12.8. The predicted molar refractivity (Wildman–Crippen MR) is 107 cm³/mol. The maximum absolute atomic E-state index is 12.5. The molecule has 0 aliphatic heterocycles. The topological polar surface area (TPSA) is 64.6 Å². The molecule has 1 amide bonds. The third-order valence-electron chi connectivity index (χ3n) is 3.95. The number of para-hydroxylation sites is 1. The lowest BCUT2D eigenvalue weighted by molar-refractivity contribution is -0.122. The summed E-state index contributed by atoms with van der Waals surface area (Å²) in [6.45, 7) is 7.82. The van der Waals surface area contributed by atoms with Crippen molar-refractivity contribution < 1.29 is 19.1 Å². The second-order valence-corrected chi connectivity index (χ2v) is 6.76. The molecule has 0 saturated carbocycles. The van der Waals surface area contributed by atoms with Gasteiger partial charge in [-0.25, -0.2) is 4.79 Å². The van der Waals surface area contributed by atoms with Gasteiger partial charge in [0.1, 0.15) is 5.75 Å². The lowest BCUT2D eigenvalue weighted by atomic mass is 10.0. The molecule has 144 valence electrons. The van der Waals surface area contributed by atoms with Gasteiger partial charge < -0.3 is 14.8 Å². The Kier molecular flexibility index (Phi) is 7.25. The minimum atomic E-state index is -0.717. The SMILES string of the molecule is CCOC(=O)c1ccc(NC(=O)[C@@H](C)Oc2ccccc2C(C)C)c(Cl)c1. The van der Waals surface area contributed by atoms with Crippen molar-refractivity contribution in [2.45, 2.75) is 39.7 Å². The molecule has 6 heteroatoms. The zero-order valence-electron chi connectivity index (χ0n) is 15.9. The number of anilines is 1. The summed E-state index contributed by atoms with van der Waals surface area (Å²) < 4.78 is 10.8. The molecule has 0 bridgehead atoms. The second-order valence-electron chi connectivity index (χ2n) is 6.36. The van der Waals surface area contributed by atoms with E-state index in [0.717, 1.165) is 5.56 Å². The zero-order chi connectivity index (χ0) is 20.0. The van der Waals surface area contributed by atoms with Crippen LogP contribution in [0.5, 0.6) is 5.75 Å². The number of hydrogen-bond acceptors (Lipinski definition) is 4. The van der Waals surface area contributed by atoms with Gasteiger partial charge in [0.15, 0.2) is 6.10 Å². The quantitative estimate of drug-likeness (QED) is 0.673. The third-order valence-corrected chi connectivity index (χ3v) is 4.26. The molecule has 2 aromatic carbocycles. The van der Waals surface area contributed by atoms with Crippen LogP contribution in [0.15, 0.2) is 42.5 Å². The first-order valence-electron chi connectivity index (χ1n) is 8.86. The molecule has 0 spiro atoms. The number of esters is 1. The van der Waals surface area contributed by atoms with Crippen LogP contribution in [-0.4, -0.2) is 24.6 Å². The molecule has 2 rings (SSSR count). The van der Waals surface area contributed by atoms with Gasteiger partial charge in [0, 0.05) is 0 Å². The number of halogens is 1. The highest BCUT2D eigenvalue weighted by molar-refractivity contribution is 6.34. The minimum absolute atomic E-state index is 0.253. The van der Waals surface area contributed by atoms with Crippen LogP contribution in [0.25, 0.3) is 0 Å². The number of carbonyl (C=O) groups is 2. The van der Waals surface area contributed by atoms with Crippen LogP contribution in [0.2, 0.25) is 5.02 Å². The summed E-state index contributed by atoms with van der Waals surface area (Å²) in [5.41, 5.74) is 1.77. The van der Waals surface area contributed by atoms with Gasteiger partial charge in [-0.15, -0.1) is 0 Å². The summed E-state index contributed by atoms with van der Waals surface area (Å²) in [5, 5.41) is 2.98. The molecule has 0 aromatic heterocycles. The largest absolute Gasteiger partial charge is 0.481 e. The summed E-state index contributed by atoms with van der Waals surface area (Å²) in [4.78, 5) is 24.2. The van der Waals surface area contributed by atoms with Gasteiger partial charge in [-0.1, -0.05) is 43.6 Å². The van der Waals surface area contributed by atoms with Crippen LogP contribution in [0, 0.1) is 0 Å². The van der Waals surface area contributed by atoms with E-state index in [0.29, 0.717) is 17.0 Å². The molecule has 27 heavy (non-hydrogen) atoms. The number of hydrogen-bond donors (Lipinski definition) is 1. The van der Waals surface area contributed by atoms with Crippen LogP contribution >= 0.6 is 11.6 Å². The van der Waals surface area contributed by atoms with Crippen molar-refractivity contribution in [3.8, 4) is 5.75 Å². The lowest BCUT2D eigenvalue weighted by Gasteiger charge is -2.19. The Balaban J connectivity index is 2.07. The number of amides is 1. The fraction of sp³-hybridized carbons (Fsp3) is 0.333. The van der Waals surface area contributed by atoms with Crippen molar-refractivity contribution in [2.24, 2.45) is 0 Å². The van der Waals surface area contributed by atoms with Crippen molar-refractivity contribution >= 4 is 29.2 Å². The van der Waals surface area contributed by atoms with Gasteiger partial charge in [0.05, 0.1) is 22.9 Å². The fourth-order valence-electron chi connectivity index (χ4n) is 2.50. The van der Waals surface area contributed by atoms with Gasteiger partial charge in [-0.2, -0.15) is 0 Å². The first kappa shape index (κ1) is 20.8. The smallest absolute Gasteiger partial charge is 0.338 e. The number of benzene rings is 2. The Morgan fingerprint density at radius 3 is 2.44 bits per heavy atom. The van der Waals surface area contributed by atoms with Crippen molar-refractivity contribution in [3.63, 3.8) is 0 Å². The Morgan fingerprint density at radius 2 is 1.81 bits per heavy atom. The average molecular weight is 390 g/mol. The summed E-state index contributed by atoms with van der Waals surface area (Å²) in [6.07, 6.45) is -0.717. The number of ether oxygens (including phenoxy) is 2. The Morgan fingerprint density at radius 1 is 1.11 bits per heavy atom. The molecule has 0 aliphatic rings. The molecular formula is C21H24ClNO4. The second kappa shape index (κ2) is 9.42. The summed E-state index contributed by atoms with van der Waals surface area (Å²) in [7, 11) is 0. The highest BCUT2D eigenvalue weighted by Gasteiger charge is 2.19. The van der Waals surface area contributed by atoms with Crippen molar-refractivity contribution in [2.75, 3.05) is 11.9 Å². The number of carbonyl (C=O) groups excluding carboxylic acids is 2. The van der Waals surface area contributed by atoms with Gasteiger partial charge in [-0.3, -0.25) is 4.79 Å². The van der Waals surface area contributed by atoms with Crippen LogP contribution in [0.4, 0.5) is 5.69 Å². The highest BCUT2D eigenvalue weighted by atomic mass is 35.5. The molecule has 1 atom stereocenters. The Labute approximate surface area is 164 Å². The first-order valence-corrected chi connectivity index (χ1v) is 9.24. The molecule has 5 nitrogen and oxygen atoms in total. The summed E-state index contributed by atoms with van der Waals surface area (Å²) in [6, 6.07) is 12.2. The Bertz CT molecular complexity index is 820. The molecule has 1 N–H and O–H groups in total. The number of nitrogens with one attached hydrogen (secondary N) is 1. The maximum atomic E-state index is 12.5. The molecule has 0 saturated heterocycles. The van der Waals surface area contributed by atoms with E-state index < -0.39 is 12.1 Å². The van der Waals surface area contributed by atoms with Gasteiger partial charge in [0.2, 0.25) is 0 Å². The molecule has 0 unspecified atom stereocenters. The van der Waals surface area contributed by atoms with Crippen LogP contribution in [0.1, 0.15) is 49.5 Å². The van der Waals surface area contributed by atoms with Crippen LogP contribution in [-0.2, 0) is 9.53 Å². The van der Waals surface area contributed by atoms with E-state index in [1.54, 1.807) is 26.0 Å². The highest BCUT2D eigenvalue weighted by Crippen LogP contribution is 2.27. The van der Waals surface area contributed by atoms with E-state index >= 15 is 0 Å². The van der Waals surface area contributed by atoms with Crippen molar-refractivity contribution in [1.29, 1.82) is 0 Å². The fourth-order valence-corrected chi connectivity index (χ4v) is 2.73. The summed E-state index contributed by atoms with van der Waals surface area (Å²) >= 11 is 6.19. The minimum Gasteiger partial charge on any atom is -0.481 e. The average Bonchev–Trinajstić information content (AvgIpc) is 2.63. The van der Waals surface area contributed by atoms with Crippen molar-refractivity contribution in [1.82, 2.24) is 0 Å². The molecule has 0 radical (unpaired) electrons. The van der Waals surface area contributed by atoms with Gasteiger partial charge in [0.25, 0.3) is 5.91 Å². The molecule has 2 aromatic rings. The predicted octanol–water partition coefficient (Wildman–Crippen LogP) is 5.05. The van der Waals surface area contributed by atoms with Crippen LogP contribution in [0.3, 0.4) is 0 Å². The van der Waals surface area contributed by atoms with Gasteiger partial charge in [-0.05, 0) is 49.6 Å². The molecule has 0 aliphatic carbocycles. The summed E-state index contributed by atoms with van der Waals surface area (Å²) in [5.74, 6) is 0.166. The Hall–Kier alpha value is -2.53. The van der Waals surface area contributed by atoms with Crippen LogP contribution < -0.4 is 10.1 Å². The normalized spacial score (nSPS) is 11.8. The van der Waals surface area contributed by atoms with Crippen molar-refractivity contribution in [3.05, 3.63) is 58.6 Å². The molecule has 0 heterocycles. The van der Waals surface area contributed by atoms with E-state index in [2.05, 4.69) is 19.2 Å². The van der Waals surface area contributed by atoms with Gasteiger partial charge >= 0.3 is 5.97 Å². The number of rotatable bonds is 7. The molecule has 0 fully saturated rings. The monoisotopic (exact) mass is 389 g/mol. The maximum Gasteiger partial charge on any atom is 0.338 e. The standard InChI is InChI=1S/C21H24ClNO4/c1-5-26-21(25)15-10-11-18(17(22)12-15)23-20(24)14(4)27-19-9-7-6-8-16(19)13(2)3/h6-14H,5H2,1-4H3,(H,23,24)/t14-/m1/s1. The van der Waals surface area contributed by atoms with E-state index in [4.69, 9.17) is 21.1 Å². The van der Waals surface area contributed by atoms with E-state index in [-0.39, 0.29) is 23.5 Å². The lowest BCUT2D eigenvalue weighted by Crippen LogP contribution is -2.30. The van der Waals surface area contributed by atoms with E-state index in [9.17, 15) is 9.59 Å². The zero-order valence-corrected chi connectivity index (χ0v) is 16.7. The third kappa shape index (κ3) is 5.47.